The highest BCUT2D eigenvalue weighted by atomic mass is 16.5. The first-order valence-corrected chi connectivity index (χ1v) is 11.1. The lowest BCUT2D eigenvalue weighted by molar-refractivity contribution is -0.118. The maximum atomic E-state index is 12.6. The number of hydrogen-bond donors (Lipinski definition) is 2. The number of hydrogen-bond acceptors (Lipinski definition) is 4. The van der Waals surface area contributed by atoms with Crippen LogP contribution in [0.2, 0.25) is 0 Å². The standard InChI is InChI=1S/C27H26N2O5/c1-17(14-25(30)29(2)19-9-7-8-18(15-19)26(31)32)28-27(33)34-16-24-22-12-5-3-10-20(22)21-11-4-6-13-23(21)24/h3-13,15,17,24H,14,16H2,1-2H3,(H,28,33)(H,31,32)/t17-/m0/s1. The lowest BCUT2D eigenvalue weighted by Gasteiger charge is -2.21. The van der Waals surface area contributed by atoms with E-state index in [4.69, 9.17) is 9.84 Å². The summed E-state index contributed by atoms with van der Waals surface area (Å²) in [7, 11) is 1.57. The van der Waals surface area contributed by atoms with E-state index in [1.807, 2.05) is 24.3 Å². The number of ether oxygens (including phenoxy) is 1. The number of carboxylic acids is 1. The van der Waals surface area contributed by atoms with Crippen LogP contribution < -0.4 is 10.2 Å². The fourth-order valence-corrected chi connectivity index (χ4v) is 4.28. The van der Waals surface area contributed by atoms with Gasteiger partial charge in [-0.25, -0.2) is 9.59 Å². The quantitative estimate of drug-likeness (QED) is 0.537. The molecular weight excluding hydrogens is 432 g/mol. The average molecular weight is 459 g/mol. The number of carboxylic acid groups (broad SMARTS) is 1. The predicted octanol–water partition coefficient (Wildman–Crippen LogP) is 4.66. The summed E-state index contributed by atoms with van der Waals surface area (Å²) in [6.07, 6.45) is -0.546. The third-order valence-electron chi connectivity index (χ3n) is 6.04. The summed E-state index contributed by atoms with van der Waals surface area (Å²) in [5, 5.41) is 11.9. The topological polar surface area (TPSA) is 95.9 Å². The second-order valence-corrected chi connectivity index (χ2v) is 8.38. The van der Waals surface area contributed by atoms with Crippen LogP contribution in [0.15, 0.2) is 72.8 Å². The Balaban J connectivity index is 1.33. The summed E-state index contributed by atoms with van der Waals surface area (Å²) in [6.45, 7) is 1.92. The Kier molecular flexibility index (Phi) is 6.63. The molecule has 174 valence electrons. The number of rotatable bonds is 7. The molecule has 3 aromatic rings. The highest BCUT2D eigenvalue weighted by molar-refractivity contribution is 5.95. The minimum absolute atomic E-state index is 0.0391. The minimum atomic E-state index is -1.06. The first kappa shape index (κ1) is 23.0. The van der Waals surface area contributed by atoms with Gasteiger partial charge < -0.3 is 20.1 Å². The molecule has 0 radical (unpaired) electrons. The van der Waals surface area contributed by atoms with Gasteiger partial charge in [-0.05, 0) is 47.4 Å². The molecule has 0 unspecified atom stereocenters. The number of carbonyl (C=O) groups excluding carboxylic acids is 2. The molecule has 7 heteroatoms. The van der Waals surface area contributed by atoms with Crippen molar-refractivity contribution in [2.45, 2.75) is 25.3 Å². The Morgan fingerprint density at radius 1 is 0.971 bits per heavy atom. The minimum Gasteiger partial charge on any atom is -0.478 e. The van der Waals surface area contributed by atoms with E-state index >= 15 is 0 Å². The van der Waals surface area contributed by atoms with Crippen molar-refractivity contribution in [2.24, 2.45) is 0 Å². The van der Waals surface area contributed by atoms with Gasteiger partial charge in [0.2, 0.25) is 5.91 Å². The number of aromatic carboxylic acids is 1. The molecule has 0 aromatic heterocycles. The summed E-state index contributed by atoms with van der Waals surface area (Å²) in [5.41, 5.74) is 5.14. The molecule has 2 amide bonds. The third kappa shape index (κ3) is 4.78. The molecule has 0 fully saturated rings. The molecule has 0 aliphatic heterocycles. The van der Waals surface area contributed by atoms with E-state index in [9.17, 15) is 14.4 Å². The summed E-state index contributed by atoms with van der Waals surface area (Å²) in [6, 6.07) is 21.9. The van der Waals surface area contributed by atoms with Gasteiger partial charge in [-0.1, -0.05) is 54.6 Å². The van der Waals surface area contributed by atoms with Gasteiger partial charge in [-0.2, -0.15) is 0 Å². The molecule has 4 rings (SSSR count). The average Bonchev–Trinajstić information content (AvgIpc) is 3.16. The normalized spacial score (nSPS) is 12.9. The van der Waals surface area contributed by atoms with Crippen LogP contribution in [0.5, 0.6) is 0 Å². The number of nitrogens with one attached hydrogen (secondary N) is 1. The highest BCUT2D eigenvalue weighted by Crippen LogP contribution is 2.44. The number of nitrogens with zero attached hydrogens (tertiary/aromatic N) is 1. The van der Waals surface area contributed by atoms with Gasteiger partial charge in [-0.3, -0.25) is 4.79 Å². The van der Waals surface area contributed by atoms with Crippen molar-refractivity contribution in [3.63, 3.8) is 0 Å². The van der Waals surface area contributed by atoms with E-state index in [2.05, 4.69) is 29.6 Å². The first-order valence-electron chi connectivity index (χ1n) is 11.1. The molecule has 2 N–H and O–H groups in total. The van der Waals surface area contributed by atoms with Gasteiger partial charge in [0.1, 0.15) is 6.61 Å². The van der Waals surface area contributed by atoms with E-state index in [1.54, 1.807) is 26.1 Å². The zero-order valence-electron chi connectivity index (χ0n) is 19.0. The molecule has 7 nitrogen and oxygen atoms in total. The Bertz CT molecular complexity index is 1190. The van der Waals surface area contributed by atoms with Crippen LogP contribution in [0.3, 0.4) is 0 Å². The van der Waals surface area contributed by atoms with Crippen LogP contribution >= 0.6 is 0 Å². The van der Waals surface area contributed by atoms with Gasteiger partial charge in [0.25, 0.3) is 0 Å². The molecule has 1 aliphatic rings. The first-order chi connectivity index (χ1) is 16.3. The Labute approximate surface area is 198 Å². The van der Waals surface area contributed by atoms with Gasteiger partial charge >= 0.3 is 12.1 Å². The van der Waals surface area contributed by atoms with Crippen molar-refractivity contribution in [3.05, 3.63) is 89.5 Å². The largest absolute Gasteiger partial charge is 0.478 e. The zero-order valence-corrected chi connectivity index (χ0v) is 19.0. The van der Waals surface area contributed by atoms with Crippen LogP contribution in [0.4, 0.5) is 10.5 Å². The van der Waals surface area contributed by atoms with E-state index in [0.717, 1.165) is 22.3 Å². The van der Waals surface area contributed by atoms with Crippen LogP contribution in [0.25, 0.3) is 11.1 Å². The molecule has 0 bridgehead atoms. The smallest absolute Gasteiger partial charge is 0.407 e. The fraction of sp³-hybridized carbons (Fsp3) is 0.222. The van der Waals surface area contributed by atoms with Crippen molar-refractivity contribution in [1.29, 1.82) is 0 Å². The summed E-state index contributed by atoms with van der Waals surface area (Å²) in [5.74, 6) is -1.36. The highest BCUT2D eigenvalue weighted by Gasteiger charge is 2.29. The van der Waals surface area contributed by atoms with Gasteiger partial charge in [0.05, 0.1) is 5.56 Å². The number of amides is 2. The Morgan fingerprint density at radius 3 is 2.21 bits per heavy atom. The number of anilines is 1. The number of fused-ring (bicyclic) bond motifs is 3. The SMILES string of the molecule is C[C@@H](CC(=O)N(C)c1cccc(C(=O)O)c1)NC(=O)OCC1c2ccccc2-c2ccccc21. The van der Waals surface area contributed by atoms with E-state index < -0.39 is 18.1 Å². The fourth-order valence-electron chi connectivity index (χ4n) is 4.28. The summed E-state index contributed by atoms with van der Waals surface area (Å²) >= 11 is 0. The van der Waals surface area contributed by atoms with Crippen LogP contribution in [-0.2, 0) is 9.53 Å². The zero-order chi connectivity index (χ0) is 24.2. The van der Waals surface area contributed by atoms with Crippen LogP contribution in [-0.4, -0.2) is 42.8 Å². The second-order valence-electron chi connectivity index (χ2n) is 8.38. The van der Waals surface area contributed by atoms with Crippen LogP contribution in [0, 0.1) is 0 Å². The molecule has 0 saturated carbocycles. The molecule has 3 aromatic carbocycles. The second kappa shape index (κ2) is 9.79. The van der Waals surface area contributed by atoms with Crippen molar-refractivity contribution in [1.82, 2.24) is 5.32 Å². The van der Waals surface area contributed by atoms with Crippen molar-refractivity contribution < 1.29 is 24.2 Å². The van der Waals surface area contributed by atoms with Gasteiger partial charge in [0.15, 0.2) is 0 Å². The van der Waals surface area contributed by atoms with E-state index in [0.29, 0.717) is 5.69 Å². The van der Waals surface area contributed by atoms with E-state index in [1.165, 1.54) is 17.0 Å². The maximum Gasteiger partial charge on any atom is 0.407 e. The summed E-state index contributed by atoms with van der Waals surface area (Å²) in [4.78, 5) is 37.6. The lowest BCUT2D eigenvalue weighted by atomic mass is 9.98. The number of alkyl carbamates (subject to hydrolysis) is 1. The molecule has 34 heavy (non-hydrogen) atoms. The molecule has 1 atom stereocenters. The van der Waals surface area contributed by atoms with E-state index in [-0.39, 0.29) is 30.4 Å². The molecule has 0 spiro atoms. The third-order valence-corrected chi connectivity index (χ3v) is 6.04. The molecular formula is C27H26N2O5. The monoisotopic (exact) mass is 458 g/mol. The lowest BCUT2D eigenvalue weighted by Crippen LogP contribution is -2.38. The molecule has 1 aliphatic carbocycles. The Morgan fingerprint density at radius 2 is 1.59 bits per heavy atom. The maximum absolute atomic E-state index is 12.6. The summed E-state index contributed by atoms with van der Waals surface area (Å²) < 4.78 is 5.54. The number of benzene rings is 3. The Hall–Kier alpha value is -4.13. The van der Waals surface area contributed by atoms with Crippen molar-refractivity contribution >= 4 is 23.7 Å². The van der Waals surface area contributed by atoms with Crippen LogP contribution in [0.1, 0.15) is 40.7 Å². The molecule has 0 heterocycles. The van der Waals surface area contributed by atoms with Crippen molar-refractivity contribution in [2.75, 3.05) is 18.6 Å². The van der Waals surface area contributed by atoms with Gasteiger partial charge in [0, 0.05) is 31.1 Å². The predicted molar refractivity (Wildman–Crippen MR) is 129 cm³/mol. The van der Waals surface area contributed by atoms with Gasteiger partial charge in [-0.15, -0.1) is 0 Å². The number of carbonyl (C=O) groups is 3. The molecule has 0 saturated heterocycles. The van der Waals surface area contributed by atoms with Crippen molar-refractivity contribution in [3.8, 4) is 11.1 Å².